The van der Waals surface area contributed by atoms with Crippen molar-refractivity contribution in [1.82, 2.24) is 10.2 Å². The van der Waals surface area contributed by atoms with Crippen LogP contribution in [0.25, 0.3) is 0 Å². The number of rotatable bonds is 6. The summed E-state index contributed by atoms with van der Waals surface area (Å²) in [5, 5.41) is 11.1. The Labute approximate surface area is 174 Å². The summed E-state index contributed by atoms with van der Waals surface area (Å²) in [5.41, 5.74) is 1.21. The molecule has 140 valence electrons. The topological polar surface area (TPSA) is 70.2 Å². The first-order chi connectivity index (χ1) is 13.0. The molecule has 27 heavy (non-hydrogen) atoms. The molecule has 10 heteroatoms. The molecular weight excluding hydrogens is 427 g/mol. The van der Waals surface area contributed by atoms with E-state index >= 15 is 0 Å². The van der Waals surface area contributed by atoms with Crippen LogP contribution in [0, 0.1) is 3.95 Å². The van der Waals surface area contributed by atoms with Crippen molar-refractivity contribution in [3.05, 3.63) is 56.5 Å². The highest BCUT2D eigenvalue weighted by Gasteiger charge is 2.18. The van der Waals surface area contributed by atoms with Crippen LogP contribution in [0.2, 0.25) is 10.0 Å². The van der Waals surface area contributed by atoms with Crippen LogP contribution < -0.4 is 15.0 Å². The summed E-state index contributed by atoms with van der Waals surface area (Å²) >= 11 is 18.5. The van der Waals surface area contributed by atoms with Gasteiger partial charge in [-0.15, -0.1) is 5.10 Å². The van der Waals surface area contributed by atoms with Crippen molar-refractivity contribution in [2.45, 2.75) is 0 Å². The van der Waals surface area contributed by atoms with E-state index in [1.807, 2.05) is 12.1 Å². The number of hydrogen-bond donors (Lipinski definition) is 2. The first-order valence-corrected chi connectivity index (χ1v) is 9.66. The zero-order valence-electron chi connectivity index (χ0n) is 14.0. The molecule has 0 spiro atoms. The molecule has 0 unspecified atom stereocenters. The molecule has 1 amide bonds. The van der Waals surface area contributed by atoms with Crippen LogP contribution in [0.1, 0.15) is 0 Å². The summed E-state index contributed by atoms with van der Waals surface area (Å²) in [5.74, 6) is 0.430. The van der Waals surface area contributed by atoms with Gasteiger partial charge in [0.25, 0.3) is 0 Å². The van der Waals surface area contributed by atoms with E-state index in [0.29, 0.717) is 30.6 Å². The minimum absolute atomic E-state index is 0.00526. The highest BCUT2D eigenvalue weighted by molar-refractivity contribution is 7.73. The Kier molecular flexibility index (Phi) is 6.33. The molecule has 3 rings (SSSR count). The SMILES string of the molecule is COc1ccc(N(CC(=O)Nc2cc(Cl)ccc2Cl)c2n[nH]c(=S)s2)cc1. The summed E-state index contributed by atoms with van der Waals surface area (Å²) in [6.45, 7) is 0.00526. The number of nitrogens with zero attached hydrogens (tertiary/aromatic N) is 2. The highest BCUT2D eigenvalue weighted by atomic mass is 35.5. The normalized spacial score (nSPS) is 10.5. The van der Waals surface area contributed by atoms with Gasteiger partial charge in [-0.25, -0.2) is 0 Å². The number of H-pyrrole nitrogens is 1. The first-order valence-electron chi connectivity index (χ1n) is 7.68. The van der Waals surface area contributed by atoms with E-state index in [1.54, 1.807) is 42.3 Å². The molecule has 0 saturated heterocycles. The van der Waals surface area contributed by atoms with Crippen molar-refractivity contribution in [2.75, 3.05) is 23.9 Å². The number of hydrogen-bond acceptors (Lipinski definition) is 6. The van der Waals surface area contributed by atoms with Crippen LogP contribution in [0.5, 0.6) is 5.75 Å². The number of aromatic nitrogens is 2. The van der Waals surface area contributed by atoms with Crippen LogP contribution in [-0.2, 0) is 4.79 Å². The monoisotopic (exact) mass is 440 g/mol. The third kappa shape index (κ3) is 4.98. The third-order valence-electron chi connectivity index (χ3n) is 3.55. The van der Waals surface area contributed by atoms with Gasteiger partial charge in [-0.2, -0.15) is 0 Å². The molecular formula is C17H14Cl2N4O2S2. The standard InChI is InChI=1S/C17H14Cl2N4O2S2/c1-25-12-5-3-11(4-6-12)23(16-21-22-17(26)27-16)9-15(24)20-14-8-10(18)2-7-13(14)19/h2-8H,9H2,1H3,(H,20,24)(H,22,26). The molecule has 2 aromatic carbocycles. The Balaban J connectivity index is 1.85. The lowest BCUT2D eigenvalue weighted by molar-refractivity contribution is -0.114. The number of carbonyl (C=O) groups is 1. The molecule has 0 fully saturated rings. The summed E-state index contributed by atoms with van der Waals surface area (Å²) < 4.78 is 5.70. The number of carbonyl (C=O) groups excluding carboxylic acids is 1. The third-order valence-corrected chi connectivity index (χ3v) is 5.22. The number of benzene rings is 2. The van der Waals surface area contributed by atoms with Gasteiger partial charge in [0, 0.05) is 10.7 Å². The number of amides is 1. The van der Waals surface area contributed by atoms with E-state index < -0.39 is 0 Å². The molecule has 6 nitrogen and oxygen atoms in total. The quantitative estimate of drug-likeness (QED) is 0.509. The Morgan fingerprint density at radius 1 is 1.30 bits per heavy atom. The second-order valence-electron chi connectivity index (χ2n) is 5.35. The van der Waals surface area contributed by atoms with Gasteiger partial charge < -0.3 is 15.0 Å². The number of anilines is 3. The van der Waals surface area contributed by atoms with Gasteiger partial charge in [-0.05, 0) is 54.7 Å². The van der Waals surface area contributed by atoms with Crippen molar-refractivity contribution in [2.24, 2.45) is 0 Å². The van der Waals surface area contributed by atoms with E-state index in [1.165, 1.54) is 11.3 Å². The maximum absolute atomic E-state index is 12.6. The van der Waals surface area contributed by atoms with E-state index in [4.69, 9.17) is 40.2 Å². The maximum atomic E-state index is 12.6. The van der Waals surface area contributed by atoms with E-state index in [9.17, 15) is 4.79 Å². The Bertz CT molecular complexity index is 1000. The van der Waals surface area contributed by atoms with Crippen molar-refractivity contribution in [3.63, 3.8) is 0 Å². The number of methoxy groups -OCH3 is 1. The van der Waals surface area contributed by atoms with Crippen LogP contribution >= 0.6 is 46.8 Å². The molecule has 0 aliphatic carbocycles. The number of aromatic amines is 1. The molecule has 0 aliphatic rings. The fourth-order valence-corrected chi connectivity index (χ4v) is 3.53. The van der Waals surface area contributed by atoms with Gasteiger partial charge in [0.05, 0.1) is 17.8 Å². The predicted molar refractivity (Wildman–Crippen MR) is 112 cm³/mol. The fraction of sp³-hybridized carbons (Fsp3) is 0.118. The number of halogens is 2. The zero-order chi connectivity index (χ0) is 19.4. The molecule has 0 aliphatic heterocycles. The van der Waals surface area contributed by atoms with E-state index in [0.717, 1.165) is 5.69 Å². The maximum Gasteiger partial charge on any atom is 0.244 e. The molecule has 0 radical (unpaired) electrons. The average Bonchev–Trinajstić information content (AvgIpc) is 3.09. The molecule has 3 aromatic rings. The summed E-state index contributed by atoms with van der Waals surface area (Å²) in [7, 11) is 1.59. The number of nitrogens with one attached hydrogen (secondary N) is 2. The first kappa shape index (κ1) is 19.6. The molecule has 1 heterocycles. The highest BCUT2D eigenvalue weighted by Crippen LogP contribution is 2.29. The van der Waals surface area contributed by atoms with Crippen molar-refractivity contribution in [1.29, 1.82) is 0 Å². The van der Waals surface area contributed by atoms with E-state index in [-0.39, 0.29) is 12.5 Å². The van der Waals surface area contributed by atoms with Gasteiger partial charge in [-0.1, -0.05) is 34.5 Å². The molecule has 1 aromatic heterocycles. The van der Waals surface area contributed by atoms with Crippen LogP contribution in [0.3, 0.4) is 0 Å². The van der Waals surface area contributed by atoms with Gasteiger partial charge in [-0.3, -0.25) is 9.89 Å². The molecule has 2 N–H and O–H groups in total. The Hall–Kier alpha value is -2.13. The smallest absolute Gasteiger partial charge is 0.244 e. The molecule has 0 saturated carbocycles. The Morgan fingerprint density at radius 2 is 2.04 bits per heavy atom. The van der Waals surface area contributed by atoms with Crippen molar-refractivity contribution in [3.8, 4) is 5.75 Å². The second kappa shape index (κ2) is 8.71. The Morgan fingerprint density at radius 3 is 2.67 bits per heavy atom. The summed E-state index contributed by atoms with van der Waals surface area (Å²) in [4.78, 5) is 14.4. The summed E-state index contributed by atoms with van der Waals surface area (Å²) in [6.07, 6.45) is 0. The number of ether oxygens (including phenoxy) is 1. The lowest BCUT2D eigenvalue weighted by Crippen LogP contribution is -2.29. The predicted octanol–water partition coefficient (Wildman–Crippen LogP) is 5.29. The minimum Gasteiger partial charge on any atom is -0.497 e. The lowest BCUT2D eigenvalue weighted by atomic mass is 10.2. The minimum atomic E-state index is -0.281. The molecule has 0 atom stereocenters. The van der Waals surface area contributed by atoms with Crippen molar-refractivity contribution >= 4 is 69.2 Å². The fourth-order valence-electron chi connectivity index (χ4n) is 2.30. The van der Waals surface area contributed by atoms with Crippen LogP contribution in [0.15, 0.2) is 42.5 Å². The lowest BCUT2D eigenvalue weighted by Gasteiger charge is -2.21. The van der Waals surface area contributed by atoms with Gasteiger partial charge >= 0.3 is 0 Å². The second-order valence-corrected chi connectivity index (χ2v) is 7.84. The zero-order valence-corrected chi connectivity index (χ0v) is 17.2. The largest absolute Gasteiger partial charge is 0.497 e. The summed E-state index contributed by atoms with van der Waals surface area (Å²) in [6, 6.07) is 12.2. The van der Waals surface area contributed by atoms with Crippen LogP contribution in [-0.4, -0.2) is 29.8 Å². The van der Waals surface area contributed by atoms with Crippen LogP contribution in [0.4, 0.5) is 16.5 Å². The van der Waals surface area contributed by atoms with Crippen molar-refractivity contribution < 1.29 is 9.53 Å². The van der Waals surface area contributed by atoms with E-state index in [2.05, 4.69) is 15.5 Å². The molecule has 0 bridgehead atoms. The average molecular weight is 441 g/mol. The van der Waals surface area contributed by atoms with Gasteiger partial charge in [0.1, 0.15) is 12.3 Å². The van der Waals surface area contributed by atoms with Gasteiger partial charge in [0.15, 0.2) is 3.95 Å². The van der Waals surface area contributed by atoms with Gasteiger partial charge in [0.2, 0.25) is 11.0 Å².